The molecule has 4 nitrogen and oxygen atoms in total. The molecule has 4 heteroatoms. The molecule has 1 aliphatic rings. The van der Waals surface area contributed by atoms with Crippen molar-refractivity contribution in [1.29, 1.82) is 0 Å². The largest absolute Gasteiger partial charge is 0.394 e. The Morgan fingerprint density at radius 3 is 2.86 bits per heavy atom. The van der Waals surface area contributed by atoms with E-state index in [2.05, 4.69) is 48.3 Å². The van der Waals surface area contributed by atoms with E-state index in [9.17, 15) is 5.11 Å². The molecule has 1 saturated heterocycles. The number of rotatable bonds is 6. The third-order valence-corrected chi connectivity index (χ3v) is 4.46. The first-order valence-corrected chi connectivity index (χ1v) is 7.85. The van der Waals surface area contributed by atoms with Gasteiger partial charge in [0.05, 0.1) is 19.3 Å². The molecule has 1 heterocycles. The maximum absolute atomic E-state index is 9.27. The standard InChI is InChI=1S/C17H28N2O2/c1-13-6-4-5-7-16(13)17(18-3)8-9-19-10-15(11-20)21-12-14(19)2/h4-7,14-15,17-18,20H,8-12H2,1-3H3. The second-order valence-corrected chi connectivity index (χ2v) is 5.97. The zero-order valence-corrected chi connectivity index (χ0v) is 13.4. The van der Waals surface area contributed by atoms with Gasteiger partial charge in [0, 0.05) is 25.2 Å². The average molecular weight is 292 g/mol. The highest BCUT2D eigenvalue weighted by atomic mass is 16.5. The Morgan fingerprint density at radius 1 is 1.43 bits per heavy atom. The van der Waals surface area contributed by atoms with Crippen molar-refractivity contribution in [2.75, 3.05) is 33.4 Å². The number of nitrogens with zero attached hydrogens (tertiary/aromatic N) is 1. The average Bonchev–Trinajstić information content (AvgIpc) is 2.51. The van der Waals surface area contributed by atoms with Crippen LogP contribution < -0.4 is 5.32 Å². The van der Waals surface area contributed by atoms with E-state index in [0.717, 1.165) is 19.5 Å². The van der Waals surface area contributed by atoms with E-state index in [0.29, 0.717) is 18.7 Å². The molecule has 1 aromatic rings. The van der Waals surface area contributed by atoms with Crippen LogP contribution in [0.2, 0.25) is 0 Å². The molecule has 0 saturated carbocycles. The van der Waals surface area contributed by atoms with Gasteiger partial charge in [-0.25, -0.2) is 0 Å². The molecule has 3 atom stereocenters. The summed E-state index contributed by atoms with van der Waals surface area (Å²) in [5.41, 5.74) is 2.71. The van der Waals surface area contributed by atoms with Gasteiger partial charge in [-0.2, -0.15) is 0 Å². The van der Waals surface area contributed by atoms with Crippen molar-refractivity contribution in [3.63, 3.8) is 0 Å². The van der Waals surface area contributed by atoms with E-state index < -0.39 is 0 Å². The number of benzene rings is 1. The van der Waals surface area contributed by atoms with Crippen molar-refractivity contribution in [2.45, 2.75) is 38.5 Å². The van der Waals surface area contributed by atoms with Gasteiger partial charge < -0.3 is 15.2 Å². The summed E-state index contributed by atoms with van der Waals surface area (Å²) < 4.78 is 5.60. The van der Waals surface area contributed by atoms with Gasteiger partial charge in [-0.1, -0.05) is 24.3 Å². The second-order valence-electron chi connectivity index (χ2n) is 5.97. The Bertz CT molecular complexity index is 439. The van der Waals surface area contributed by atoms with E-state index in [4.69, 9.17) is 4.74 Å². The molecule has 0 spiro atoms. The fraction of sp³-hybridized carbons (Fsp3) is 0.647. The van der Waals surface area contributed by atoms with Crippen molar-refractivity contribution >= 4 is 0 Å². The molecule has 1 aromatic carbocycles. The molecule has 2 rings (SSSR count). The molecular formula is C17H28N2O2. The van der Waals surface area contributed by atoms with Crippen LogP contribution in [0, 0.1) is 6.92 Å². The Morgan fingerprint density at radius 2 is 2.19 bits per heavy atom. The fourth-order valence-corrected chi connectivity index (χ4v) is 3.03. The molecule has 21 heavy (non-hydrogen) atoms. The predicted octanol–water partition coefficient (Wildman–Crippen LogP) is 1.73. The van der Waals surface area contributed by atoms with Crippen LogP contribution >= 0.6 is 0 Å². The normalized spacial score (nSPS) is 25.0. The molecule has 118 valence electrons. The number of ether oxygens (including phenoxy) is 1. The Hall–Kier alpha value is -0.940. The third kappa shape index (κ3) is 4.27. The van der Waals surface area contributed by atoms with Gasteiger partial charge in [0.15, 0.2) is 0 Å². The SMILES string of the molecule is CNC(CCN1CC(CO)OCC1C)c1ccccc1C. The molecular weight excluding hydrogens is 264 g/mol. The fourth-order valence-electron chi connectivity index (χ4n) is 3.03. The molecule has 0 amide bonds. The maximum Gasteiger partial charge on any atom is 0.0933 e. The summed E-state index contributed by atoms with van der Waals surface area (Å²) in [5.74, 6) is 0. The van der Waals surface area contributed by atoms with Gasteiger partial charge in [0.25, 0.3) is 0 Å². The molecule has 0 radical (unpaired) electrons. The molecule has 1 fully saturated rings. The number of aryl methyl sites for hydroxylation is 1. The van der Waals surface area contributed by atoms with Gasteiger partial charge in [0.2, 0.25) is 0 Å². The highest BCUT2D eigenvalue weighted by Gasteiger charge is 2.26. The lowest BCUT2D eigenvalue weighted by Crippen LogP contribution is -2.50. The highest BCUT2D eigenvalue weighted by Crippen LogP contribution is 2.22. The number of aliphatic hydroxyl groups is 1. The van der Waals surface area contributed by atoms with Crippen molar-refractivity contribution in [3.8, 4) is 0 Å². The lowest BCUT2D eigenvalue weighted by molar-refractivity contribution is -0.0783. The highest BCUT2D eigenvalue weighted by molar-refractivity contribution is 5.28. The quantitative estimate of drug-likeness (QED) is 0.838. The van der Waals surface area contributed by atoms with E-state index in [1.807, 2.05) is 7.05 Å². The molecule has 0 aliphatic carbocycles. The lowest BCUT2D eigenvalue weighted by atomic mass is 9.98. The van der Waals surface area contributed by atoms with E-state index >= 15 is 0 Å². The second kappa shape index (κ2) is 7.90. The van der Waals surface area contributed by atoms with Crippen molar-refractivity contribution < 1.29 is 9.84 Å². The van der Waals surface area contributed by atoms with Crippen LogP contribution in [0.25, 0.3) is 0 Å². The van der Waals surface area contributed by atoms with Crippen molar-refractivity contribution in [2.24, 2.45) is 0 Å². The van der Waals surface area contributed by atoms with Crippen LogP contribution in [0.4, 0.5) is 0 Å². The number of hydrogen-bond donors (Lipinski definition) is 2. The van der Waals surface area contributed by atoms with E-state index in [-0.39, 0.29) is 12.7 Å². The molecule has 3 unspecified atom stereocenters. The first-order valence-electron chi connectivity index (χ1n) is 7.85. The smallest absolute Gasteiger partial charge is 0.0933 e. The summed E-state index contributed by atoms with van der Waals surface area (Å²) >= 11 is 0. The lowest BCUT2D eigenvalue weighted by Gasteiger charge is -2.38. The minimum atomic E-state index is -0.0345. The third-order valence-electron chi connectivity index (χ3n) is 4.46. The van der Waals surface area contributed by atoms with Crippen molar-refractivity contribution in [3.05, 3.63) is 35.4 Å². The zero-order chi connectivity index (χ0) is 15.2. The van der Waals surface area contributed by atoms with Crippen molar-refractivity contribution in [1.82, 2.24) is 10.2 Å². The summed E-state index contributed by atoms with van der Waals surface area (Å²) in [4.78, 5) is 2.42. The zero-order valence-electron chi connectivity index (χ0n) is 13.4. The number of nitrogens with one attached hydrogen (secondary N) is 1. The Kier molecular flexibility index (Phi) is 6.18. The summed E-state index contributed by atoms with van der Waals surface area (Å²) in [7, 11) is 2.02. The first kappa shape index (κ1) is 16.4. The van der Waals surface area contributed by atoms with E-state index in [1.54, 1.807) is 0 Å². The summed E-state index contributed by atoms with van der Waals surface area (Å²) in [6.07, 6.45) is 1.02. The predicted molar refractivity (Wildman–Crippen MR) is 85.5 cm³/mol. The minimum Gasteiger partial charge on any atom is -0.394 e. The summed E-state index contributed by atoms with van der Waals surface area (Å²) in [6.45, 7) is 7.01. The topological polar surface area (TPSA) is 44.7 Å². The van der Waals surface area contributed by atoms with Crippen LogP contribution in [0.15, 0.2) is 24.3 Å². The number of aliphatic hydroxyl groups excluding tert-OH is 1. The Labute approximate surface area is 128 Å². The van der Waals surface area contributed by atoms with Gasteiger partial charge in [-0.3, -0.25) is 4.90 Å². The summed E-state index contributed by atoms with van der Waals surface area (Å²) in [6, 6.07) is 9.35. The minimum absolute atomic E-state index is 0.0345. The number of morpholine rings is 1. The van der Waals surface area contributed by atoms with Crippen LogP contribution in [0.1, 0.15) is 30.5 Å². The van der Waals surface area contributed by atoms with E-state index in [1.165, 1.54) is 11.1 Å². The van der Waals surface area contributed by atoms with Gasteiger partial charge in [-0.15, -0.1) is 0 Å². The monoisotopic (exact) mass is 292 g/mol. The van der Waals surface area contributed by atoms with Gasteiger partial charge >= 0.3 is 0 Å². The van der Waals surface area contributed by atoms with Gasteiger partial charge in [0.1, 0.15) is 0 Å². The van der Waals surface area contributed by atoms with Gasteiger partial charge in [-0.05, 0) is 38.4 Å². The molecule has 0 aromatic heterocycles. The first-order chi connectivity index (χ1) is 10.2. The summed E-state index contributed by atoms with van der Waals surface area (Å²) in [5, 5.41) is 12.7. The van der Waals surface area contributed by atoms with Crippen LogP contribution in [-0.4, -0.2) is 55.5 Å². The van der Waals surface area contributed by atoms with Crippen LogP contribution in [0.3, 0.4) is 0 Å². The Balaban J connectivity index is 1.95. The van der Waals surface area contributed by atoms with Crippen LogP contribution in [-0.2, 0) is 4.74 Å². The maximum atomic E-state index is 9.27. The number of hydrogen-bond acceptors (Lipinski definition) is 4. The molecule has 1 aliphatic heterocycles. The van der Waals surface area contributed by atoms with Crippen LogP contribution in [0.5, 0.6) is 0 Å². The molecule has 0 bridgehead atoms. The molecule has 2 N–H and O–H groups in total.